The molecule has 7 nitrogen and oxygen atoms in total. The quantitative estimate of drug-likeness (QED) is 0.296. The number of carbonyl (C=O) groups excluding carboxylic acids is 2. The Morgan fingerprint density at radius 3 is 2.00 bits per heavy atom. The summed E-state index contributed by atoms with van der Waals surface area (Å²) in [7, 11) is -3.54. The second-order valence-electron chi connectivity index (χ2n) is 10.3. The van der Waals surface area contributed by atoms with Gasteiger partial charge in [0.15, 0.2) is 0 Å². The fraction of sp³-hybridized carbons (Fsp3) is 0.375. The van der Waals surface area contributed by atoms with E-state index in [1.807, 2.05) is 93.6 Å². The summed E-state index contributed by atoms with van der Waals surface area (Å²) in [6.07, 6.45) is 2.74. The van der Waals surface area contributed by atoms with Crippen LogP contribution in [0.25, 0.3) is 0 Å². The minimum atomic E-state index is -3.54. The summed E-state index contributed by atoms with van der Waals surface area (Å²) >= 11 is 0. The number of rotatable bonds is 14. The molecule has 0 spiro atoms. The van der Waals surface area contributed by atoms with Gasteiger partial charge >= 0.3 is 0 Å². The largest absolute Gasteiger partial charge is 0.352 e. The minimum Gasteiger partial charge on any atom is -0.352 e. The Bertz CT molecular complexity index is 1330. The van der Waals surface area contributed by atoms with Crippen molar-refractivity contribution >= 4 is 27.5 Å². The molecule has 0 unspecified atom stereocenters. The van der Waals surface area contributed by atoms with Crippen molar-refractivity contribution in [2.45, 2.75) is 65.1 Å². The van der Waals surface area contributed by atoms with E-state index in [9.17, 15) is 18.0 Å². The highest BCUT2D eigenvalue weighted by molar-refractivity contribution is 7.92. The summed E-state index contributed by atoms with van der Waals surface area (Å²) < 4.78 is 26.5. The number of carbonyl (C=O) groups is 2. The molecule has 0 fully saturated rings. The van der Waals surface area contributed by atoms with Gasteiger partial charge in [-0.3, -0.25) is 13.9 Å². The SMILES string of the molecule is CC[C@@H](C)NC(=O)[C@@H](Cc1ccccc1)N(Cc1ccccc1)C(=O)CCCN(c1ccc(C)cc1)S(C)(=O)=O. The molecule has 3 rings (SSSR count). The molecule has 1 N–H and O–H groups in total. The normalized spacial score (nSPS) is 12.8. The summed E-state index contributed by atoms with van der Waals surface area (Å²) in [6, 6.07) is 25.8. The lowest BCUT2D eigenvalue weighted by molar-refractivity contribution is -0.141. The van der Waals surface area contributed by atoms with Crippen molar-refractivity contribution in [3.63, 3.8) is 0 Å². The molecular weight excluding hydrogens is 522 g/mol. The van der Waals surface area contributed by atoms with Crippen molar-refractivity contribution in [2.75, 3.05) is 17.1 Å². The fourth-order valence-electron chi connectivity index (χ4n) is 4.49. The highest BCUT2D eigenvalue weighted by Gasteiger charge is 2.31. The molecular formula is C32H41N3O4S. The van der Waals surface area contributed by atoms with Gasteiger partial charge in [0, 0.05) is 32.0 Å². The minimum absolute atomic E-state index is 0.0303. The Hall–Kier alpha value is -3.65. The lowest BCUT2D eigenvalue weighted by atomic mass is 10.0. The van der Waals surface area contributed by atoms with Gasteiger partial charge in [0.25, 0.3) is 0 Å². The van der Waals surface area contributed by atoms with Crippen LogP contribution in [0, 0.1) is 6.92 Å². The predicted octanol–water partition coefficient (Wildman–Crippen LogP) is 5.10. The first kappa shape index (κ1) is 30.9. The summed E-state index contributed by atoms with van der Waals surface area (Å²) in [5.41, 5.74) is 3.48. The summed E-state index contributed by atoms with van der Waals surface area (Å²) in [6.45, 7) is 6.34. The van der Waals surface area contributed by atoms with Gasteiger partial charge in [-0.05, 0) is 49.9 Å². The molecule has 8 heteroatoms. The molecule has 0 aromatic heterocycles. The molecule has 0 aliphatic heterocycles. The number of aryl methyl sites for hydroxylation is 1. The second kappa shape index (κ2) is 14.7. The van der Waals surface area contributed by atoms with Crippen LogP contribution in [-0.2, 0) is 32.6 Å². The topological polar surface area (TPSA) is 86.8 Å². The van der Waals surface area contributed by atoms with Crippen LogP contribution in [0.4, 0.5) is 5.69 Å². The second-order valence-corrected chi connectivity index (χ2v) is 12.2. The van der Waals surface area contributed by atoms with Gasteiger partial charge in [-0.25, -0.2) is 8.42 Å². The molecule has 0 heterocycles. The molecule has 214 valence electrons. The third kappa shape index (κ3) is 9.23. The van der Waals surface area contributed by atoms with Crippen molar-refractivity contribution in [2.24, 2.45) is 0 Å². The number of hydrogen-bond acceptors (Lipinski definition) is 4. The van der Waals surface area contributed by atoms with Gasteiger partial charge in [-0.1, -0.05) is 85.3 Å². The zero-order valence-electron chi connectivity index (χ0n) is 23.9. The standard InChI is InChI=1S/C32H41N3O4S/c1-5-26(3)33-32(37)30(23-27-13-8-6-9-14-27)34(24-28-15-10-7-11-16-28)31(36)17-12-22-35(40(4,38)39)29-20-18-25(2)19-21-29/h6-11,13-16,18-21,26,30H,5,12,17,22-24H2,1-4H3,(H,33,37)/t26-,30-/m1/s1. The number of benzene rings is 3. The summed E-state index contributed by atoms with van der Waals surface area (Å²) in [5.74, 6) is -0.388. The van der Waals surface area contributed by atoms with Crippen LogP contribution in [0.2, 0.25) is 0 Å². The molecule has 0 saturated heterocycles. The number of sulfonamides is 1. The monoisotopic (exact) mass is 563 g/mol. The van der Waals surface area contributed by atoms with Crippen molar-refractivity contribution < 1.29 is 18.0 Å². The number of anilines is 1. The van der Waals surface area contributed by atoms with E-state index < -0.39 is 16.1 Å². The molecule has 2 amide bonds. The molecule has 0 radical (unpaired) electrons. The first-order valence-corrected chi connectivity index (χ1v) is 15.7. The average Bonchev–Trinajstić information content (AvgIpc) is 2.94. The van der Waals surface area contributed by atoms with E-state index in [1.165, 1.54) is 10.6 Å². The zero-order chi connectivity index (χ0) is 29.1. The van der Waals surface area contributed by atoms with E-state index in [-0.39, 0.29) is 37.4 Å². The molecule has 3 aromatic rings. The van der Waals surface area contributed by atoms with Crippen LogP contribution in [0.15, 0.2) is 84.9 Å². The Balaban J connectivity index is 1.86. The Kier molecular flexibility index (Phi) is 11.3. The maximum atomic E-state index is 13.8. The van der Waals surface area contributed by atoms with Gasteiger partial charge in [-0.15, -0.1) is 0 Å². The zero-order valence-corrected chi connectivity index (χ0v) is 24.7. The van der Waals surface area contributed by atoms with E-state index in [0.717, 1.165) is 23.1 Å². The van der Waals surface area contributed by atoms with Crippen LogP contribution in [-0.4, -0.2) is 50.0 Å². The lowest BCUT2D eigenvalue weighted by Gasteiger charge is -2.32. The molecule has 40 heavy (non-hydrogen) atoms. The number of nitrogens with zero attached hydrogens (tertiary/aromatic N) is 2. The number of hydrogen-bond donors (Lipinski definition) is 1. The lowest BCUT2D eigenvalue weighted by Crippen LogP contribution is -2.52. The van der Waals surface area contributed by atoms with Crippen molar-refractivity contribution in [1.82, 2.24) is 10.2 Å². The average molecular weight is 564 g/mol. The first-order valence-electron chi connectivity index (χ1n) is 13.8. The fourth-order valence-corrected chi connectivity index (χ4v) is 5.46. The third-order valence-electron chi connectivity index (χ3n) is 6.94. The van der Waals surface area contributed by atoms with Gasteiger partial charge in [0.1, 0.15) is 6.04 Å². The van der Waals surface area contributed by atoms with Gasteiger partial charge in [-0.2, -0.15) is 0 Å². The maximum absolute atomic E-state index is 13.8. The van der Waals surface area contributed by atoms with Gasteiger partial charge in [0.05, 0.1) is 11.9 Å². The summed E-state index contributed by atoms with van der Waals surface area (Å²) in [4.78, 5) is 29.1. The van der Waals surface area contributed by atoms with Crippen molar-refractivity contribution in [3.8, 4) is 0 Å². The van der Waals surface area contributed by atoms with Crippen LogP contribution >= 0.6 is 0 Å². The highest BCUT2D eigenvalue weighted by atomic mass is 32.2. The van der Waals surface area contributed by atoms with Crippen LogP contribution in [0.1, 0.15) is 49.8 Å². The smallest absolute Gasteiger partial charge is 0.243 e. The Morgan fingerprint density at radius 1 is 0.875 bits per heavy atom. The van der Waals surface area contributed by atoms with E-state index >= 15 is 0 Å². The summed E-state index contributed by atoms with van der Waals surface area (Å²) in [5, 5.41) is 3.07. The molecule has 0 aliphatic rings. The number of nitrogens with one attached hydrogen (secondary N) is 1. The van der Waals surface area contributed by atoms with Gasteiger partial charge < -0.3 is 10.2 Å². The third-order valence-corrected chi connectivity index (χ3v) is 8.14. The van der Waals surface area contributed by atoms with Crippen LogP contribution in [0.3, 0.4) is 0 Å². The van der Waals surface area contributed by atoms with E-state index in [2.05, 4.69) is 5.32 Å². The van der Waals surface area contributed by atoms with Crippen molar-refractivity contribution in [3.05, 3.63) is 102 Å². The molecule has 3 aromatic carbocycles. The van der Waals surface area contributed by atoms with Gasteiger partial charge in [0.2, 0.25) is 21.8 Å². The predicted molar refractivity (Wildman–Crippen MR) is 161 cm³/mol. The highest BCUT2D eigenvalue weighted by Crippen LogP contribution is 2.21. The van der Waals surface area contributed by atoms with E-state index in [4.69, 9.17) is 0 Å². The Labute approximate surface area is 239 Å². The molecule has 0 saturated carbocycles. The van der Waals surface area contributed by atoms with Crippen LogP contribution < -0.4 is 9.62 Å². The molecule has 0 bridgehead atoms. The van der Waals surface area contributed by atoms with E-state index in [1.54, 1.807) is 17.0 Å². The Morgan fingerprint density at radius 2 is 1.45 bits per heavy atom. The number of amides is 2. The van der Waals surface area contributed by atoms with E-state index in [0.29, 0.717) is 18.5 Å². The maximum Gasteiger partial charge on any atom is 0.243 e. The molecule has 2 atom stereocenters. The van der Waals surface area contributed by atoms with Crippen molar-refractivity contribution in [1.29, 1.82) is 0 Å². The molecule has 0 aliphatic carbocycles. The van der Waals surface area contributed by atoms with Crippen LogP contribution in [0.5, 0.6) is 0 Å². The first-order chi connectivity index (χ1) is 19.1.